The van der Waals surface area contributed by atoms with E-state index >= 15 is 0 Å². The van der Waals surface area contributed by atoms with Gasteiger partial charge in [0.1, 0.15) is 0 Å². The summed E-state index contributed by atoms with van der Waals surface area (Å²) in [4.78, 5) is 2.72. The molecule has 0 atom stereocenters. The van der Waals surface area contributed by atoms with Crippen molar-refractivity contribution < 1.29 is 0 Å². The molecule has 2 aliphatic carbocycles. The third kappa shape index (κ3) is 8.81. The monoisotopic (exact) mass is 905 g/mol. The van der Waals surface area contributed by atoms with Gasteiger partial charge in [0.25, 0.3) is 0 Å². The second-order valence-electron chi connectivity index (χ2n) is 19.7. The summed E-state index contributed by atoms with van der Waals surface area (Å²) in [6.45, 7) is 9.21. The van der Waals surface area contributed by atoms with Crippen LogP contribution in [0.3, 0.4) is 0 Å². The van der Waals surface area contributed by atoms with Gasteiger partial charge in [-0.2, -0.15) is 0 Å². The van der Waals surface area contributed by atoms with Crippen molar-refractivity contribution in [2.24, 2.45) is 0 Å². The van der Waals surface area contributed by atoms with Gasteiger partial charge in [0.05, 0.1) is 10.8 Å². The summed E-state index contributed by atoms with van der Waals surface area (Å²) in [5.41, 5.74) is 15.8. The van der Waals surface area contributed by atoms with Crippen LogP contribution in [0.25, 0.3) is 9.81 Å². The lowest BCUT2D eigenvalue weighted by atomic mass is 9.65. The van der Waals surface area contributed by atoms with E-state index in [0.717, 1.165) is 25.7 Å². The van der Waals surface area contributed by atoms with E-state index < -0.39 is 10.8 Å². The molecule has 0 bridgehead atoms. The third-order valence-corrected chi connectivity index (χ3v) is 17.1. The second-order valence-corrected chi connectivity index (χ2v) is 21.4. The van der Waals surface area contributed by atoms with Crippen molar-refractivity contribution in [2.75, 3.05) is 0 Å². The van der Waals surface area contributed by atoms with Gasteiger partial charge >= 0.3 is 0 Å². The molecular formula is C64H72S2. The van der Waals surface area contributed by atoms with E-state index in [1.54, 1.807) is 22.3 Å². The summed E-state index contributed by atoms with van der Waals surface area (Å²) in [7, 11) is 0. The smallest absolute Gasteiger partial charge is 0.0728 e. The lowest BCUT2D eigenvalue weighted by molar-refractivity contribution is 0.665. The summed E-state index contributed by atoms with van der Waals surface area (Å²) in [6.07, 6.45) is 29.8. The van der Waals surface area contributed by atoms with Crippen molar-refractivity contribution in [3.05, 3.63) is 199 Å². The zero-order valence-electron chi connectivity index (χ0n) is 40.5. The van der Waals surface area contributed by atoms with E-state index in [4.69, 9.17) is 0 Å². The molecule has 2 heteroatoms. The summed E-state index contributed by atoms with van der Waals surface area (Å²) >= 11 is 3.61. The van der Waals surface area contributed by atoms with Crippen LogP contribution in [0.15, 0.2) is 132 Å². The Balaban J connectivity index is 1.22. The third-order valence-electron chi connectivity index (χ3n) is 15.3. The molecule has 2 heterocycles. The highest BCUT2D eigenvalue weighted by molar-refractivity contribution is 7.99. The van der Waals surface area contributed by atoms with Crippen LogP contribution < -0.4 is 10.4 Å². The first-order valence-corrected chi connectivity index (χ1v) is 27.8. The van der Waals surface area contributed by atoms with Gasteiger partial charge in [0.15, 0.2) is 0 Å². The van der Waals surface area contributed by atoms with E-state index in [1.807, 2.05) is 0 Å². The zero-order chi connectivity index (χ0) is 45.4. The Labute approximate surface area is 405 Å². The molecule has 0 unspecified atom stereocenters. The van der Waals surface area contributed by atoms with Gasteiger partial charge < -0.3 is 0 Å². The zero-order valence-corrected chi connectivity index (χ0v) is 42.1. The minimum atomic E-state index is -0.455. The number of aryl methyl sites for hydroxylation is 4. The van der Waals surface area contributed by atoms with Crippen molar-refractivity contribution in [1.82, 2.24) is 0 Å². The minimum Gasteiger partial charge on any atom is -0.0920 e. The lowest BCUT2D eigenvalue weighted by Gasteiger charge is -2.36. The van der Waals surface area contributed by atoms with Crippen LogP contribution in [0.5, 0.6) is 0 Å². The number of unbranched alkanes of at least 4 members (excludes halogenated alkanes) is 12. The van der Waals surface area contributed by atoms with Crippen molar-refractivity contribution in [3.63, 3.8) is 0 Å². The summed E-state index contributed by atoms with van der Waals surface area (Å²) in [5.74, 6) is 0. The number of fused-ring (bicyclic) bond motifs is 4. The Morgan fingerprint density at radius 3 is 0.879 bits per heavy atom. The fourth-order valence-electron chi connectivity index (χ4n) is 11.7. The van der Waals surface area contributed by atoms with Crippen molar-refractivity contribution in [1.29, 1.82) is 0 Å². The molecular weight excluding hydrogens is 833 g/mol. The molecule has 0 radical (unpaired) electrons. The van der Waals surface area contributed by atoms with Gasteiger partial charge in [-0.1, -0.05) is 235 Å². The molecule has 0 saturated heterocycles. The molecule has 0 fully saturated rings. The Kier molecular flexibility index (Phi) is 15.1. The number of hydrogen-bond donors (Lipinski definition) is 0. The largest absolute Gasteiger partial charge is 0.0920 e. The second kappa shape index (κ2) is 21.5. The normalized spacial score (nSPS) is 15.6. The summed E-state index contributed by atoms with van der Waals surface area (Å²) in [5, 5.41) is 10.1. The van der Waals surface area contributed by atoms with E-state index in [-0.39, 0.29) is 0 Å². The van der Waals surface area contributed by atoms with Gasteiger partial charge in [-0.3, -0.25) is 0 Å². The van der Waals surface area contributed by atoms with Gasteiger partial charge in [0, 0.05) is 9.81 Å². The van der Waals surface area contributed by atoms with Crippen molar-refractivity contribution >= 4 is 32.1 Å². The average molecular weight is 905 g/mol. The van der Waals surface area contributed by atoms with Gasteiger partial charge in [-0.25, -0.2) is 0 Å². The number of rotatable bonds is 24. The highest BCUT2D eigenvalue weighted by Crippen LogP contribution is 2.56. The predicted octanol–water partition coefficient (Wildman–Crippen LogP) is 16.4. The molecule has 5 aromatic rings. The Morgan fingerprint density at radius 2 is 0.621 bits per heavy atom. The lowest BCUT2D eigenvalue weighted by Crippen LogP contribution is -2.36. The Morgan fingerprint density at radius 1 is 0.348 bits per heavy atom. The maximum Gasteiger partial charge on any atom is 0.0728 e. The van der Waals surface area contributed by atoms with Crippen LogP contribution in [0.4, 0.5) is 0 Å². The summed E-state index contributed by atoms with van der Waals surface area (Å²) in [6, 6.07) is 44.5. The summed E-state index contributed by atoms with van der Waals surface area (Å²) < 4.78 is 0. The fourth-order valence-corrected chi connectivity index (χ4v) is 13.5. The van der Waals surface area contributed by atoms with Gasteiger partial charge in [-0.05, 0) is 153 Å². The Hall–Kier alpha value is -4.68. The van der Waals surface area contributed by atoms with Gasteiger partial charge in [-0.15, -0.1) is 0 Å². The molecule has 4 aliphatic rings. The van der Waals surface area contributed by atoms with E-state index in [1.165, 1.54) is 190 Å². The first-order valence-electron chi connectivity index (χ1n) is 26.2. The van der Waals surface area contributed by atoms with E-state index in [9.17, 15) is 0 Å². The molecule has 0 nitrogen and oxygen atoms in total. The number of hydrogen-bond acceptors (Lipinski definition) is 0. The molecule has 0 saturated carbocycles. The van der Waals surface area contributed by atoms with Crippen LogP contribution in [0.2, 0.25) is 0 Å². The molecule has 0 N–H and O–H groups in total. The first-order chi connectivity index (χ1) is 32.6. The quantitative estimate of drug-likeness (QED) is 0.0541. The number of benzene rings is 5. The topological polar surface area (TPSA) is 0 Å². The molecule has 0 spiro atoms. The van der Waals surface area contributed by atoms with Crippen molar-refractivity contribution in [2.45, 2.75) is 167 Å². The fraction of sp³-hybridized carbons (Fsp3) is 0.406. The maximum absolute atomic E-state index is 3.70. The number of allylic oxidation sites excluding steroid dienone is 2. The standard InChI is InChI=1S/C64H72S2/c1-5-9-13-17-21-47-25-33-51(34-26-47)63(52-35-27-48(28-36-52)22-18-14-10-6-2)57-41-43-65-61(57)55-46-60-56(45-59(55)63)62-58(42-44-66-62)64(60,53-37-29-49(30-38-53)23-19-15-11-7-3)54-39-31-50(32-40-54)24-20-16-12-8-4/h25-42,45-46H,5-24H2,1-4H3. The molecule has 66 heavy (non-hydrogen) atoms. The predicted molar refractivity (Wildman–Crippen MR) is 289 cm³/mol. The highest BCUT2D eigenvalue weighted by atomic mass is 32.1. The minimum absolute atomic E-state index is 0.455. The van der Waals surface area contributed by atoms with Crippen molar-refractivity contribution in [3.8, 4) is 10.4 Å². The average Bonchev–Trinajstić information content (AvgIpc) is 4.15. The van der Waals surface area contributed by atoms with E-state index in [0.29, 0.717) is 0 Å². The first kappa shape index (κ1) is 46.4. The van der Waals surface area contributed by atoms with Gasteiger partial charge in [0.2, 0.25) is 0 Å². The van der Waals surface area contributed by atoms with Crippen LogP contribution >= 0.6 is 22.3 Å². The SMILES string of the molecule is CCCCCCc1ccc(C2(c3ccc(CCCCCC)cc3)C3=CC#SC3=c3cc4c(cc32)=C2S#CC=C2C4(c2ccc(CCCCCC)cc2)c2ccc(CCCCCC)cc2)cc1. The molecule has 0 aromatic heterocycles. The molecule has 2 aliphatic heterocycles. The Bertz CT molecular complexity index is 2520. The maximum atomic E-state index is 3.70. The van der Waals surface area contributed by atoms with Crippen LogP contribution in [-0.2, 0) is 36.5 Å². The molecule has 9 rings (SSSR count). The van der Waals surface area contributed by atoms with E-state index in [2.05, 4.69) is 159 Å². The highest BCUT2D eigenvalue weighted by Gasteiger charge is 2.51. The van der Waals surface area contributed by atoms with Crippen LogP contribution in [0.1, 0.15) is 186 Å². The molecule has 340 valence electrons. The van der Waals surface area contributed by atoms with Crippen LogP contribution in [-0.4, -0.2) is 0 Å². The molecule has 0 amide bonds. The molecule has 5 aromatic carbocycles. The van der Waals surface area contributed by atoms with Crippen LogP contribution in [0, 0.1) is 10.4 Å².